The van der Waals surface area contributed by atoms with E-state index in [2.05, 4.69) is 20.6 Å². The quantitative estimate of drug-likeness (QED) is 0.609. The molecule has 3 rings (SSSR count). The Morgan fingerprint density at radius 2 is 1.71 bits per heavy atom. The number of ether oxygens (including phenoxy) is 1. The summed E-state index contributed by atoms with van der Waals surface area (Å²) in [6.07, 6.45) is -3.04. The Hall–Kier alpha value is -3.82. The fraction of sp³-hybridized carbons (Fsp3) is 0.0556. The molecule has 10 heteroatoms. The summed E-state index contributed by atoms with van der Waals surface area (Å²) < 4.78 is 43.6. The van der Waals surface area contributed by atoms with Gasteiger partial charge in [-0.1, -0.05) is 6.07 Å². The number of nitrogens with one attached hydrogen (secondary N) is 2. The molecule has 0 radical (unpaired) electrons. The number of alkyl halides is 3. The third-order valence-corrected chi connectivity index (χ3v) is 3.43. The molecule has 0 atom stereocenters. The second-order valence-corrected chi connectivity index (χ2v) is 5.54. The van der Waals surface area contributed by atoms with E-state index in [1.807, 2.05) is 0 Å². The van der Waals surface area contributed by atoms with Crippen LogP contribution in [-0.2, 0) is 6.18 Å². The largest absolute Gasteiger partial charge is 0.439 e. The number of amides is 2. The number of nitrogens with zero attached hydrogens (tertiary/aromatic N) is 2. The highest BCUT2D eigenvalue weighted by atomic mass is 19.4. The van der Waals surface area contributed by atoms with Gasteiger partial charge in [0.1, 0.15) is 5.75 Å². The number of rotatable bonds is 4. The third kappa shape index (κ3) is 5.10. The Labute approximate surface area is 157 Å². The third-order valence-electron chi connectivity index (χ3n) is 3.43. The summed E-state index contributed by atoms with van der Waals surface area (Å²) >= 11 is 0. The lowest BCUT2D eigenvalue weighted by molar-refractivity contribution is -0.137. The number of carbonyl (C=O) groups is 1. The molecule has 2 aromatic carbocycles. The van der Waals surface area contributed by atoms with Gasteiger partial charge in [-0.05, 0) is 42.5 Å². The molecule has 3 aromatic rings. The summed E-state index contributed by atoms with van der Waals surface area (Å²) in [5, 5.41) is 4.87. The molecule has 0 saturated heterocycles. The van der Waals surface area contributed by atoms with E-state index in [-0.39, 0.29) is 17.5 Å². The minimum atomic E-state index is -4.49. The first-order valence-corrected chi connectivity index (χ1v) is 7.91. The number of halogens is 3. The maximum Gasteiger partial charge on any atom is 0.416 e. The maximum absolute atomic E-state index is 12.7. The molecule has 0 saturated carbocycles. The number of nitrogens with two attached hydrogens (primary N) is 1. The molecule has 0 bridgehead atoms. The molecule has 0 aliphatic heterocycles. The van der Waals surface area contributed by atoms with Gasteiger partial charge in [-0.15, -0.1) is 0 Å². The van der Waals surface area contributed by atoms with E-state index in [9.17, 15) is 18.0 Å². The molecule has 4 N–H and O–H groups in total. The number of carbonyl (C=O) groups excluding carboxylic acids is 1. The van der Waals surface area contributed by atoms with E-state index < -0.39 is 17.8 Å². The van der Waals surface area contributed by atoms with E-state index in [4.69, 9.17) is 10.5 Å². The smallest absolute Gasteiger partial charge is 0.416 e. The summed E-state index contributed by atoms with van der Waals surface area (Å²) in [5.74, 6) is 0.777. The molecule has 7 nitrogen and oxygen atoms in total. The van der Waals surface area contributed by atoms with Gasteiger partial charge in [0.2, 0.25) is 11.8 Å². The standard InChI is InChI=1S/C18H14F3N5O2/c19-18(20,21)11-2-1-3-13(10-11)25-17(27)24-12-4-6-14(7-5-12)28-15-8-9-23-16(22)26-15/h1-10H,(H2,22,23,26)(H2,24,25,27). The Morgan fingerprint density at radius 3 is 2.39 bits per heavy atom. The molecule has 0 unspecified atom stereocenters. The highest BCUT2D eigenvalue weighted by molar-refractivity contribution is 5.99. The van der Waals surface area contributed by atoms with Crippen LogP contribution in [0.4, 0.5) is 35.3 Å². The minimum Gasteiger partial charge on any atom is -0.439 e. The first kappa shape index (κ1) is 19.0. The van der Waals surface area contributed by atoms with Crippen LogP contribution >= 0.6 is 0 Å². The van der Waals surface area contributed by atoms with Gasteiger partial charge in [-0.2, -0.15) is 18.2 Å². The van der Waals surface area contributed by atoms with Crippen molar-refractivity contribution in [1.82, 2.24) is 9.97 Å². The van der Waals surface area contributed by atoms with Crippen molar-refractivity contribution in [2.75, 3.05) is 16.4 Å². The van der Waals surface area contributed by atoms with Crippen molar-refractivity contribution in [2.45, 2.75) is 6.18 Å². The zero-order valence-electron chi connectivity index (χ0n) is 14.2. The topological polar surface area (TPSA) is 102 Å². The van der Waals surface area contributed by atoms with E-state index in [1.54, 1.807) is 24.3 Å². The lowest BCUT2D eigenvalue weighted by Gasteiger charge is -2.11. The first-order chi connectivity index (χ1) is 13.3. The molecule has 0 fully saturated rings. The Bertz CT molecular complexity index is 977. The SMILES string of the molecule is Nc1nccc(Oc2ccc(NC(=O)Nc3cccc(C(F)(F)F)c3)cc2)n1. The van der Waals surface area contributed by atoms with Gasteiger partial charge in [0, 0.05) is 23.6 Å². The molecular formula is C18H14F3N5O2. The molecule has 0 spiro atoms. The maximum atomic E-state index is 12.7. The van der Waals surface area contributed by atoms with Crippen LogP contribution in [0.5, 0.6) is 11.6 Å². The van der Waals surface area contributed by atoms with E-state index in [0.717, 1.165) is 12.1 Å². The fourth-order valence-electron chi connectivity index (χ4n) is 2.21. The molecular weight excluding hydrogens is 375 g/mol. The lowest BCUT2D eigenvalue weighted by atomic mass is 10.2. The Morgan fingerprint density at radius 1 is 1.00 bits per heavy atom. The monoisotopic (exact) mass is 389 g/mol. The molecule has 0 aliphatic rings. The zero-order chi connectivity index (χ0) is 20.1. The Kier molecular flexibility index (Phi) is 5.30. The van der Waals surface area contributed by atoms with Crippen LogP contribution in [0.25, 0.3) is 0 Å². The fourth-order valence-corrected chi connectivity index (χ4v) is 2.21. The Balaban J connectivity index is 1.60. The zero-order valence-corrected chi connectivity index (χ0v) is 14.2. The summed E-state index contributed by atoms with van der Waals surface area (Å²) in [6, 6.07) is 11.5. The van der Waals surface area contributed by atoms with Gasteiger partial charge in [-0.3, -0.25) is 0 Å². The summed E-state index contributed by atoms with van der Waals surface area (Å²) in [6.45, 7) is 0. The molecule has 0 aliphatic carbocycles. The predicted octanol–water partition coefficient (Wildman–Crippen LogP) is 4.51. The number of hydrogen-bond acceptors (Lipinski definition) is 5. The molecule has 1 aromatic heterocycles. The number of benzene rings is 2. The van der Waals surface area contributed by atoms with Crippen LogP contribution in [0.2, 0.25) is 0 Å². The van der Waals surface area contributed by atoms with E-state index in [1.165, 1.54) is 24.4 Å². The number of nitrogen functional groups attached to an aromatic ring is 1. The summed E-state index contributed by atoms with van der Waals surface area (Å²) in [4.78, 5) is 19.6. The average molecular weight is 389 g/mol. The van der Waals surface area contributed by atoms with Crippen molar-refractivity contribution < 1.29 is 22.7 Å². The molecule has 144 valence electrons. The number of hydrogen-bond donors (Lipinski definition) is 3. The minimum absolute atomic E-state index is 0.0219. The van der Waals surface area contributed by atoms with Crippen molar-refractivity contribution in [3.63, 3.8) is 0 Å². The van der Waals surface area contributed by atoms with E-state index >= 15 is 0 Å². The summed E-state index contributed by atoms with van der Waals surface area (Å²) in [7, 11) is 0. The highest BCUT2D eigenvalue weighted by Crippen LogP contribution is 2.30. The van der Waals surface area contributed by atoms with Crippen LogP contribution in [0.1, 0.15) is 5.56 Å². The van der Waals surface area contributed by atoms with Crippen LogP contribution < -0.4 is 21.1 Å². The second-order valence-electron chi connectivity index (χ2n) is 5.54. The second kappa shape index (κ2) is 7.82. The molecule has 28 heavy (non-hydrogen) atoms. The van der Waals surface area contributed by atoms with Gasteiger partial charge in [0.05, 0.1) is 5.56 Å². The van der Waals surface area contributed by atoms with Gasteiger partial charge in [-0.25, -0.2) is 9.78 Å². The van der Waals surface area contributed by atoms with Crippen LogP contribution in [0.3, 0.4) is 0 Å². The lowest BCUT2D eigenvalue weighted by Crippen LogP contribution is -2.19. The van der Waals surface area contributed by atoms with Gasteiger partial charge in [0.15, 0.2) is 0 Å². The molecule has 1 heterocycles. The number of urea groups is 1. The average Bonchev–Trinajstić information content (AvgIpc) is 2.63. The van der Waals surface area contributed by atoms with E-state index in [0.29, 0.717) is 11.4 Å². The summed E-state index contributed by atoms with van der Waals surface area (Å²) in [5.41, 5.74) is 5.06. The normalized spacial score (nSPS) is 11.0. The first-order valence-electron chi connectivity index (χ1n) is 7.91. The van der Waals surface area contributed by atoms with Crippen molar-refractivity contribution in [2.24, 2.45) is 0 Å². The van der Waals surface area contributed by atoms with Crippen LogP contribution in [0, 0.1) is 0 Å². The van der Waals surface area contributed by atoms with Crippen molar-refractivity contribution >= 4 is 23.4 Å². The van der Waals surface area contributed by atoms with Crippen LogP contribution in [-0.4, -0.2) is 16.0 Å². The molecule has 2 amide bonds. The number of aromatic nitrogens is 2. The van der Waals surface area contributed by atoms with Crippen molar-refractivity contribution in [3.8, 4) is 11.6 Å². The van der Waals surface area contributed by atoms with Crippen LogP contribution in [0.15, 0.2) is 60.8 Å². The van der Waals surface area contributed by atoms with Gasteiger partial charge < -0.3 is 21.1 Å². The predicted molar refractivity (Wildman–Crippen MR) is 97.0 cm³/mol. The highest BCUT2D eigenvalue weighted by Gasteiger charge is 2.30. The van der Waals surface area contributed by atoms with Gasteiger partial charge >= 0.3 is 12.2 Å². The van der Waals surface area contributed by atoms with Gasteiger partial charge in [0.25, 0.3) is 0 Å². The van der Waals surface area contributed by atoms with Crippen molar-refractivity contribution in [3.05, 3.63) is 66.4 Å². The van der Waals surface area contributed by atoms with Crippen molar-refractivity contribution in [1.29, 1.82) is 0 Å². The number of anilines is 3.